The molecule has 1 N–H and O–H groups in total. The van der Waals surface area contributed by atoms with Crippen LogP contribution in [0.4, 0.5) is 5.69 Å². The second-order valence-electron chi connectivity index (χ2n) is 5.47. The van der Waals surface area contributed by atoms with E-state index in [1.54, 1.807) is 24.3 Å². The summed E-state index contributed by atoms with van der Waals surface area (Å²) in [4.78, 5) is 12.5. The van der Waals surface area contributed by atoms with E-state index in [2.05, 4.69) is 27.9 Å². The zero-order chi connectivity index (χ0) is 17.9. The van der Waals surface area contributed by atoms with Gasteiger partial charge in [-0.25, -0.2) is 8.42 Å². The molecule has 0 spiro atoms. The summed E-state index contributed by atoms with van der Waals surface area (Å²) in [5.41, 5.74) is 1.12. The lowest BCUT2D eigenvalue weighted by molar-refractivity contribution is 0.0730. The second-order valence-corrected chi connectivity index (χ2v) is 8.57. The summed E-state index contributed by atoms with van der Waals surface area (Å²) in [5, 5.41) is 2.79. The van der Waals surface area contributed by atoms with Gasteiger partial charge in [0.1, 0.15) is 0 Å². The van der Waals surface area contributed by atoms with Gasteiger partial charge >= 0.3 is 0 Å². The van der Waals surface area contributed by atoms with E-state index in [0.717, 1.165) is 3.57 Å². The molecule has 0 bridgehead atoms. The van der Waals surface area contributed by atoms with Crippen molar-refractivity contribution in [3.8, 4) is 0 Å². The third-order valence-corrected chi connectivity index (χ3v) is 6.69. The molecule has 1 aliphatic rings. The molecule has 1 saturated heterocycles. The Kier molecular flexibility index (Phi) is 5.72. The minimum Gasteiger partial charge on any atom is -0.379 e. The van der Waals surface area contributed by atoms with Crippen LogP contribution < -0.4 is 5.32 Å². The Labute approximate surface area is 160 Å². The summed E-state index contributed by atoms with van der Waals surface area (Å²) in [7, 11) is -3.53. The minimum absolute atomic E-state index is 0.210. The Morgan fingerprint density at radius 2 is 1.68 bits per heavy atom. The number of carbonyl (C=O) groups is 1. The quantitative estimate of drug-likeness (QED) is 0.695. The number of anilines is 1. The molecular weight excluding hydrogens is 455 g/mol. The summed E-state index contributed by atoms with van der Waals surface area (Å²) < 4.78 is 32.6. The van der Waals surface area contributed by atoms with E-state index in [1.165, 1.54) is 16.4 Å². The summed E-state index contributed by atoms with van der Waals surface area (Å²) in [6, 6.07) is 13.5. The molecule has 132 valence electrons. The number of rotatable bonds is 4. The Balaban J connectivity index is 1.74. The normalized spacial score (nSPS) is 15.7. The van der Waals surface area contributed by atoms with E-state index in [1.807, 2.05) is 12.1 Å². The third-order valence-electron chi connectivity index (χ3n) is 3.84. The van der Waals surface area contributed by atoms with Crippen molar-refractivity contribution in [1.29, 1.82) is 0 Å². The average Bonchev–Trinajstić information content (AvgIpc) is 2.63. The van der Waals surface area contributed by atoms with E-state index < -0.39 is 10.0 Å². The predicted octanol–water partition coefficient (Wildman–Crippen LogP) is 2.56. The van der Waals surface area contributed by atoms with E-state index in [9.17, 15) is 13.2 Å². The maximum absolute atomic E-state index is 12.6. The summed E-state index contributed by atoms with van der Waals surface area (Å²) >= 11 is 2.10. The first kappa shape index (κ1) is 18.3. The fourth-order valence-electron chi connectivity index (χ4n) is 2.49. The zero-order valence-corrected chi connectivity index (χ0v) is 16.3. The van der Waals surface area contributed by atoms with Crippen molar-refractivity contribution < 1.29 is 17.9 Å². The van der Waals surface area contributed by atoms with Crippen LogP contribution in [0.2, 0.25) is 0 Å². The van der Waals surface area contributed by atoms with Gasteiger partial charge in [-0.1, -0.05) is 12.1 Å². The zero-order valence-electron chi connectivity index (χ0n) is 13.3. The van der Waals surface area contributed by atoms with Gasteiger partial charge in [-0.05, 0) is 59.0 Å². The highest BCUT2D eigenvalue weighted by molar-refractivity contribution is 14.1. The molecule has 0 aromatic heterocycles. The fourth-order valence-corrected chi connectivity index (χ4v) is 4.53. The molecule has 6 nitrogen and oxygen atoms in total. The summed E-state index contributed by atoms with van der Waals surface area (Å²) in [6.07, 6.45) is 0. The van der Waals surface area contributed by atoms with Crippen LogP contribution in [0, 0.1) is 3.57 Å². The van der Waals surface area contributed by atoms with E-state index in [-0.39, 0.29) is 10.8 Å². The van der Waals surface area contributed by atoms with Crippen molar-refractivity contribution in [3.05, 3.63) is 57.7 Å². The first-order valence-corrected chi connectivity index (χ1v) is 10.2. The molecule has 0 radical (unpaired) electrons. The molecule has 1 amide bonds. The van der Waals surface area contributed by atoms with Crippen LogP contribution in [0.15, 0.2) is 53.4 Å². The van der Waals surface area contributed by atoms with Crippen LogP contribution in [0.25, 0.3) is 0 Å². The van der Waals surface area contributed by atoms with Crippen LogP contribution in [0.3, 0.4) is 0 Å². The first-order valence-electron chi connectivity index (χ1n) is 7.72. The lowest BCUT2D eigenvalue weighted by Gasteiger charge is -2.26. The maximum atomic E-state index is 12.6. The van der Waals surface area contributed by atoms with Crippen molar-refractivity contribution in [2.45, 2.75) is 4.90 Å². The number of nitrogens with zero attached hydrogens (tertiary/aromatic N) is 1. The molecule has 3 rings (SSSR count). The summed E-state index contributed by atoms with van der Waals surface area (Å²) in [5.74, 6) is -0.228. The molecule has 1 aliphatic heterocycles. The molecule has 0 saturated carbocycles. The van der Waals surface area contributed by atoms with Gasteiger partial charge in [-0.15, -0.1) is 0 Å². The molecular formula is C17H17IN2O4S. The first-order chi connectivity index (χ1) is 12.0. The van der Waals surface area contributed by atoms with Crippen molar-refractivity contribution in [3.63, 3.8) is 0 Å². The van der Waals surface area contributed by atoms with Gasteiger partial charge in [0.2, 0.25) is 10.0 Å². The van der Waals surface area contributed by atoms with Gasteiger partial charge in [-0.2, -0.15) is 4.31 Å². The number of amides is 1. The van der Waals surface area contributed by atoms with Gasteiger partial charge in [0, 0.05) is 22.3 Å². The Hall–Kier alpha value is -1.49. The summed E-state index contributed by atoms with van der Waals surface area (Å²) in [6.45, 7) is 1.52. The molecule has 25 heavy (non-hydrogen) atoms. The standard InChI is InChI=1S/C17H17IN2O4S/c18-16-4-2-1-3-15(16)17(21)19-13-5-7-14(8-6-13)25(22,23)20-9-11-24-12-10-20/h1-8H,9-12H2,(H,19,21). The van der Waals surface area contributed by atoms with Crippen molar-refractivity contribution in [2.24, 2.45) is 0 Å². The van der Waals surface area contributed by atoms with E-state index >= 15 is 0 Å². The largest absolute Gasteiger partial charge is 0.379 e. The minimum atomic E-state index is -3.53. The van der Waals surface area contributed by atoms with Crippen LogP contribution >= 0.6 is 22.6 Å². The molecule has 0 atom stereocenters. The van der Waals surface area contributed by atoms with Gasteiger partial charge in [0.05, 0.1) is 23.7 Å². The lowest BCUT2D eigenvalue weighted by atomic mass is 10.2. The van der Waals surface area contributed by atoms with Gasteiger partial charge in [-0.3, -0.25) is 4.79 Å². The fraction of sp³-hybridized carbons (Fsp3) is 0.235. The predicted molar refractivity (Wildman–Crippen MR) is 103 cm³/mol. The van der Waals surface area contributed by atoms with Crippen LogP contribution in [-0.2, 0) is 14.8 Å². The van der Waals surface area contributed by atoms with Gasteiger partial charge in [0.25, 0.3) is 5.91 Å². The third kappa shape index (κ3) is 4.20. The number of benzene rings is 2. The van der Waals surface area contributed by atoms with Crippen LogP contribution in [0.5, 0.6) is 0 Å². The highest BCUT2D eigenvalue weighted by Crippen LogP contribution is 2.20. The SMILES string of the molecule is O=C(Nc1ccc(S(=O)(=O)N2CCOCC2)cc1)c1ccccc1I. The number of hydrogen-bond acceptors (Lipinski definition) is 4. The number of nitrogens with one attached hydrogen (secondary N) is 1. The molecule has 1 fully saturated rings. The topological polar surface area (TPSA) is 75.7 Å². The van der Waals surface area contributed by atoms with E-state index in [4.69, 9.17) is 4.74 Å². The number of hydrogen-bond donors (Lipinski definition) is 1. The van der Waals surface area contributed by atoms with E-state index in [0.29, 0.717) is 37.6 Å². The second kappa shape index (κ2) is 7.81. The molecule has 0 aliphatic carbocycles. The highest BCUT2D eigenvalue weighted by atomic mass is 127. The maximum Gasteiger partial charge on any atom is 0.256 e. The lowest BCUT2D eigenvalue weighted by Crippen LogP contribution is -2.40. The molecule has 2 aromatic carbocycles. The van der Waals surface area contributed by atoms with Crippen LogP contribution in [0.1, 0.15) is 10.4 Å². The number of halogens is 1. The van der Waals surface area contributed by atoms with Gasteiger partial charge in [0.15, 0.2) is 0 Å². The Morgan fingerprint density at radius 3 is 2.32 bits per heavy atom. The monoisotopic (exact) mass is 472 g/mol. The van der Waals surface area contributed by atoms with Crippen molar-refractivity contribution >= 4 is 44.2 Å². The highest BCUT2D eigenvalue weighted by Gasteiger charge is 2.26. The number of ether oxygens (including phenoxy) is 1. The van der Waals surface area contributed by atoms with Crippen molar-refractivity contribution in [1.82, 2.24) is 4.31 Å². The van der Waals surface area contributed by atoms with Crippen molar-refractivity contribution in [2.75, 3.05) is 31.6 Å². The number of morpholine rings is 1. The molecule has 0 unspecified atom stereocenters. The van der Waals surface area contributed by atoms with Crippen LogP contribution in [-0.4, -0.2) is 44.9 Å². The smallest absolute Gasteiger partial charge is 0.256 e. The molecule has 8 heteroatoms. The molecule has 2 aromatic rings. The molecule has 1 heterocycles. The Bertz CT molecular complexity index is 862. The van der Waals surface area contributed by atoms with Gasteiger partial charge < -0.3 is 10.1 Å². The number of sulfonamides is 1. The Morgan fingerprint density at radius 1 is 1.04 bits per heavy atom. The average molecular weight is 472 g/mol. The number of carbonyl (C=O) groups excluding carboxylic acids is 1.